The highest BCUT2D eigenvalue weighted by Gasteiger charge is 2.18. The summed E-state index contributed by atoms with van der Waals surface area (Å²) >= 11 is 0. The zero-order chi connectivity index (χ0) is 8.81. The second kappa shape index (κ2) is 4.28. The van der Waals surface area contributed by atoms with Crippen molar-refractivity contribution in [3.63, 3.8) is 0 Å². The van der Waals surface area contributed by atoms with E-state index in [9.17, 15) is 0 Å². The van der Waals surface area contributed by atoms with Crippen LogP contribution in [0.2, 0.25) is 0 Å². The maximum Gasteiger partial charge on any atom is 0.0639 e. The number of allylic oxidation sites excluding steroid dienone is 1. The predicted octanol–water partition coefficient (Wildman–Crippen LogP) is 2.69. The fourth-order valence-corrected chi connectivity index (χ4v) is 1.17. The third kappa shape index (κ3) is 1.92. The van der Waals surface area contributed by atoms with Crippen molar-refractivity contribution in [1.82, 2.24) is 0 Å². The summed E-state index contributed by atoms with van der Waals surface area (Å²) in [7, 11) is 0. The van der Waals surface area contributed by atoms with E-state index < -0.39 is 0 Å². The van der Waals surface area contributed by atoms with E-state index in [4.69, 9.17) is 11.1 Å². The molecule has 0 heterocycles. The van der Waals surface area contributed by atoms with Crippen LogP contribution in [-0.4, -0.2) is 12.1 Å². The Hall–Kier alpha value is -1.64. The first-order valence-corrected chi connectivity index (χ1v) is 3.63. The molecule has 0 aromatic rings. The summed E-state index contributed by atoms with van der Waals surface area (Å²) in [4.78, 5) is 5.38. The van der Waals surface area contributed by atoms with Gasteiger partial charge < -0.3 is 0 Å². The Kier molecular flexibility index (Phi) is 3.02. The lowest BCUT2D eigenvalue weighted by Gasteiger charge is -2.18. The monoisotopic (exact) mass is 164 g/mol. The largest absolute Gasteiger partial charge is 0.0899 e. The summed E-state index contributed by atoms with van der Waals surface area (Å²) in [6, 6.07) is -0.518. The summed E-state index contributed by atoms with van der Waals surface area (Å²) in [5.74, 6) is 0. The van der Waals surface area contributed by atoms with Gasteiger partial charge in [-0.2, -0.15) is 0 Å². The van der Waals surface area contributed by atoms with Gasteiger partial charge in [0.2, 0.25) is 0 Å². The van der Waals surface area contributed by atoms with Crippen LogP contribution in [0.1, 0.15) is 12.8 Å². The molecule has 62 valence electrons. The van der Waals surface area contributed by atoms with Crippen LogP contribution in [0.25, 0.3) is 20.9 Å². The van der Waals surface area contributed by atoms with Crippen molar-refractivity contribution < 1.29 is 0 Å². The van der Waals surface area contributed by atoms with E-state index >= 15 is 0 Å². The molecule has 0 N–H and O–H groups in total. The predicted molar refractivity (Wildman–Crippen MR) is 44.2 cm³/mol. The van der Waals surface area contributed by atoms with E-state index in [-0.39, 0.29) is 12.1 Å². The molecule has 0 spiro atoms. The molecule has 0 aliphatic heterocycles. The summed E-state index contributed by atoms with van der Waals surface area (Å²) < 4.78 is 0. The molecule has 1 rings (SSSR count). The SMILES string of the molecule is [N-]=[N+]=NC1C=CCCC1N=[N+]=[N-]. The van der Waals surface area contributed by atoms with Crippen LogP contribution < -0.4 is 0 Å². The van der Waals surface area contributed by atoms with E-state index in [2.05, 4.69) is 20.1 Å². The highest BCUT2D eigenvalue weighted by molar-refractivity contribution is 5.05. The van der Waals surface area contributed by atoms with Crippen LogP contribution in [0, 0.1) is 0 Å². The van der Waals surface area contributed by atoms with Gasteiger partial charge in [-0.1, -0.05) is 22.4 Å². The molecular formula is C6H8N6. The zero-order valence-electron chi connectivity index (χ0n) is 6.41. The average Bonchev–Trinajstić information content (AvgIpc) is 2.09. The van der Waals surface area contributed by atoms with E-state index in [0.717, 1.165) is 12.8 Å². The minimum Gasteiger partial charge on any atom is -0.0899 e. The smallest absolute Gasteiger partial charge is 0.0639 e. The fraction of sp³-hybridized carbons (Fsp3) is 0.667. The Labute approximate surface area is 69.1 Å². The van der Waals surface area contributed by atoms with E-state index in [0.29, 0.717) is 0 Å². The van der Waals surface area contributed by atoms with Crippen molar-refractivity contribution in [3.05, 3.63) is 33.0 Å². The highest BCUT2D eigenvalue weighted by atomic mass is 15.2. The molecule has 0 bridgehead atoms. The van der Waals surface area contributed by atoms with Gasteiger partial charge in [-0.05, 0) is 23.9 Å². The van der Waals surface area contributed by atoms with Crippen molar-refractivity contribution in [1.29, 1.82) is 0 Å². The van der Waals surface area contributed by atoms with E-state index in [1.165, 1.54) is 0 Å². The lowest BCUT2D eigenvalue weighted by molar-refractivity contribution is 0.537. The number of nitrogens with zero attached hydrogens (tertiary/aromatic N) is 6. The van der Waals surface area contributed by atoms with Crippen molar-refractivity contribution in [3.8, 4) is 0 Å². The van der Waals surface area contributed by atoms with Gasteiger partial charge in [-0.15, -0.1) is 0 Å². The first-order valence-electron chi connectivity index (χ1n) is 3.63. The molecule has 0 aromatic carbocycles. The Morgan fingerprint density at radius 2 is 2.00 bits per heavy atom. The maximum atomic E-state index is 8.20. The molecule has 6 heteroatoms. The molecule has 0 aromatic heterocycles. The number of hydrogen-bond acceptors (Lipinski definition) is 2. The van der Waals surface area contributed by atoms with Gasteiger partial charge in [0.1, 0.15) is 0 Å². The van der Waals surface area contributed by atoms with Crippen LogP contribution in [0.15, 0.2) is 22.4 Å². The van der Waals surface area contributed by atoms with Crippen molar-refractivity contribution in [2.45, 2.75) is 24.9 Å². The Morgan fingerprint density at radius 1 is 1.25 bits per heavy atom. The zero-order valence-corrected chi connectivity index (χ0v) is 6.41. The first-order chi connectivity index (χ1) is 5.88. The molecule has 2 unspecified atom stereocenters. The molecule has 0 saturated heterocycles. The maximum absolute atomic E-state index is 8.20. The van der Waals surface area contributed by atoms with Gasteiger partial charge in [0.15, 0.2) is 0 Å². The quantitative estimate of drug-likeness (QED) is 0.259. The van der Waals surface area contributed by atoms with Crippen LogP contribution in [0.3, 0.4) is 0 Å². The molecule has 1 aliphatic carbocycles. The number of rotatable bonds is 2. The second-order valence-corrected chi connectivity index (χ2v) is 2.47. The van der Waals surface area contributed by atoms with Gasteiger partial charge in [0.05, 0.1) is 6.04 Å². The topological polar surface area (TPSA) is 97.5 Å². The van der Waals surface area contributed by atoms with Gasteiger partial charge in [0.25, 0.3) is 0 Å². The molecular weight excluding hydrogens is 156 g/mol. The highest BCUT2D eigenvalue weighted by Crippen LogP contribution is 2.18. The molecule has 2 atom stereocenters. The Balaban J connectivity index is 2.77. The standard InChI is InChI=1S/C6H8N6/c7-11-9-5-3-1-2-4-6(5)10-12-8/h1,3,5-6H,2,4H2. The second-order valence-electron chi connectivity index (χ2n) is 2.47. The van der Waals surface area contributed by atoms with Crippen molar-refractivity contribution >= 4 is 0 Å². The van der Waals surface area contributed by atoms with E-state index in [1.54, 1.807) is 6.08 Å². The summed E-state index contributed by atoms with van der Waals surface area (Å²) in [6.07, 6.45) is 5.34. The normalized spacial score (nSPS) is 27.0. The molecule has 0 radical (unpaired) electrons. The lowest BCUT2D eigenvalue weighted by Crippen LogP contribution is -2.21. The summed E-state index contributed by atoms with van der Waals surface area (Å²) in [5, 5.41) is 7.06. The lowest BCUT2D eigenvalue weighted by atomic mass is 9.98. The Bertz CT molecular complexity index is 270. The number of azide groups is 2. The number of hydrogen-bond donors (Lipinski definition) is 0. The van der Waals surface area contributed by atoms with Crippen LogP contribution in [0.4, 0.5) is 0 Å². The molecule has 0 saturated carbocycles. The van der Waals surface area contributed by atoms with Crippen molar-refractivity contribution in [2.24, 2.45) is 10.2 Å². The van der Waals surface area contributed by atoms with Gasteiger partial charge in [-0.3, -0.25) is 0 Å². The summed E-state index contributed by atoms with van der Waals surface area (Å²) in [5.41, 5.74) is 16.4. The molecule has 1 aliphatic rings. The van der Waals surface area contributed by atoms with Gasteiger partial charge in [-0.25, -0.2) is 0 Å². The van der Waals surface area contributed by atoms with Crippen LogP contribution in [0.5, 0.6) is 0 Å². The van der Waals surface area contributed by atoms with E-state index in [1.807, 2.05) is 6.08 Å². The third-order valence-electron chi connectivity index (χ3n) is 1.74. The minimum absolute atomic E-state index is 0.212. The fourth-order valence-electron chi connectivity index (χ4n) is 1.17. The molecule has 6 nitrogen and oxygen atoms in total. The molecule has 0 fully saturated rings. The minimum atomic E-state index is -0.306. The molecule has 12 heavy (non-hydrogen) atoms. The van der Waals surface area contributed by atoms with Crippen LogP contribution >= 0.6 is 0 Å². The Morgan fingerprint density at radius 3 is 2.67 bits per heavy atom. The third-order valence-corrected chi connectivity index (χ3v) is 1.74. The average molecular weight is 164 g/mol. The first kappa shape index (κ1) is 8.46. The van der Waals surface area contributed by atoms with Gasteiger partial charge in [0, 0.05) is 15.9 Å². The molecule has 0 amide bonds. The summed E-state index contributed by atoms with van der Waals surface area (Å²) in [6.45, 7) is 0. The van der Waals surface area contributed by atoms with Gasteiger partial charge >= 0.3 is 0 Å². The van der Waals surface area contributed by atoms with Crippen LogP contribution in [-0.2, 0) is 0 Å². The van der Waals surface area contributed by atoms with Crippen molar-refractivity contribution in [2.75, 3.05) is 0 Å².